The van der Waals surface area contributed by atoms with Crippen LogP contribution in [0.25, 0.3) is 0 Å². The minimum atomic E-state index is 0.209. The van der Waals surface area contributed by atoms with E-state index in [4.69, 9.17) is 36.9 Å². The highest BCUT2D eigenvalue weighted by atomic mass is 32.1. The molecule has 0 unspecified atom stereocenters. The molecular weight excluding hydrogens is 282 g/mol. The molecule has 0 aromatic carbocycles. The molecule has 1 heterocycles. The van der Waals surface area contributed by atoms with Crippen molar-refractivity contribution in [1.82, 2.24) is 9.97 Å². The van der Waals surface area contributed by atoms with Gasteiger partial charge in [-0.05, 0) is 0 Å². The lowest BCUT2D eigenvalue weighted by Gasteiger charge is -2.07. The first-order valence-corrected chi connectivity index (χ1v) is 6.54. The molecule has 20 heavy (non-hydrogen) atoms. The van der Waals surface area contributed by atoms with Gasteiger partial charge in [0.1, 0.15) is 17.3 Å². The van der Waals surface area contributed by atoms with Crippen molar-refractivity contribution < 1.29 is 18.9 Å². The summed E-state index contributed by atoms with van der Waals surface area (Å²) in [5.74, 6) is 0.407. The van der Waals surface area contributed by atoms with Crippen LogP contribution in [0.15, 0.2) is 12.4 Å². The average Bonchev–Trinajstić information content (AvgIpc) is 2.46. The van der Waals surface area contributed by atoms with E-state index in [9.17, 15) is 0 Å². The molecular formula is C12H19N3O4S. The second kappa shape index (κ2) is 10.4. The van der Waals surface area contributed by atoms with Crippen LogP contribution in [0.3, 0.4) is 0 Å². The number of nitrogens with zero attached hydrogens (tertiary/aromatic N) is 2. The zero-order valence-corrected chi connectivity index (χ0v) is 12.2. The van der Waals surface area contributed by atoms with Crippen LogP contribution in [-0.2, 0) is 14.2 Å². The lowest BCUT2D eigenvalue weighted by molar-refractivity contribution is 0.0176. The van der Waals surface area contributed by atoms with Gasteiger partial charge in [0.25, 0.3) is 0 Å². The van der Waals surface area contributed by atoms with Gasteiger partial charge in [0.15, 0.2) is 0 Å². The number of thiocarbonyl (C=S) groups is 1. The molecule has 0 amide bonds. The maximum absolute atomic E-state index is 5.41. The summed E-state index contributed by atoms with van der Waals surface area (Å²) in [6, 6.07) is 0. The van der Waals surface area contributed by atoms with E-state index in [2.05, 4.69) is 9.97 Å². The summed E-state index contributed by atoms with van der Waals surface area (Å²) in [7, 11) is 1.63. The van der Waals surface area contributed by atoms with E-state index >= 15 is 0 Å². The highest BCUT2D eigenvalue weighted by Gasteiger charge is 2.00. The van der Waals surface area contributed by atoms with Gasteiger partial charge in [0, 0.05) is 7.11 Å². The largest absolute Gasteiger partial charge is 0.474 e. The van der Waals surface area contributed by atoms with E-state index in [1.807, 2.05) is 0 Å². The van der Waals surface area contributed by atoms with E-state index in [0.29, 0.717) is 51.2 Å². The highest BCUT2D eigenvalue weighted by molar-refractivity contribution is 7.80. The van der Waals surface area contributed by atoms with Crippen molar-refractivity contribution in [3.63, 3.8) is 0 Å². The minimum Gasteiger partial charge on any atom is -0.474 e. The second-order valence-electron chi connectivity index (χ2n) is 3.67. The molecule has 1 aromatic rings. The molecule has 8 heteroatoms. The van der Waals surface area contributed by atoms with Crippen LogP contribution in [0.2, 0.25) is 0 Å². The van der Waals surface area contributed by atoms with Gasteiger partial charge in [0.05, 0.1) is 45.4 Å². The Morgan fingerprint density at radius 3 is 2.25 bits per heavy atom. The molecule has 0 saturated heterocycles. The number of aromatic nitrogens is 2. The average molecular weight is 301 g/mol. The van der Waals surface area contributed by atoms with Crippen LogP contribution in [0.4, 0.5) is 0 Å². The second-order valence-corrected chi connectivity index (χ2v) is 4.11. The van der Waals surface area contributed by atoms with Crippen LogP contribution in [0, 0.1) is 0 Å². The van der Waals surface area contributed by atoms with E-state index < -0.39 is 0 Å². The SMILES string of the molecule is COCCOCCOCCOc1cnc(C(N)=S)cn1. The van der Waals surface area contributed by atoms with Crippen molar-refractivity contribution in [2.75, 3.05) is 46.8 Å². The number of ether oxygens (including phenoxy) is 4. The van der Waals surface area contributed by atoms with Crippen molar-refractivity contribution in [3.8, 4) is 5.88 Å². The van der Waals surface area contributed by atoms with Crippen LogP contribution < -0.4 is 10.5 Å². The molecule has 0 atom stereocenters. The van der Waals surface area contributed by atoms with Gasteiger partial charge in [-0.2, -0.15) is 0 Å². The Labute approximate surface area is 123 Å². The summed E-state index contributed by atoms with van der Waals surface area (Å²) in [5.41, 5.74) is 5.88. The van der Waals surface area contributed by atoms with Crippen LogP contribution >= 0.6 is 12.2 Å². The minimum absolute atomic E-state index is 0.209. The van der Waals surface area contributed by atoms with Crippen LogP contribution in [0.5, 0.6) is 5.88 Å². The van der Waals surface area contributed by atoms with Gasteiger partial charge in [-0.25, -0.2) is 9.97 Å². The van der Waals surface area contributed by atoms with Crippen LogP contribution in [-0.4, -0.2) is 61.7 Å². The van der Waals surface area contributed by atoms with Gasteiger partial charge in [-0.15, -0.1) is 0 Å². The third kappa shape index (κ3) is 7.29. The predicted molar refractivity (Wildman–Crippen MR) is 76.9 cm³/mol. The van der Waals surface area contributed by atoms with Crippen molar-refractivity contribution >= 4 is 17.2 Å². The van der Waals surface area contributed by atoms with Crippen LogP contribution in [0.1, 0.15) is 5.69 Å². The van der Waals surface area contributed by atoms with Crippen molar-refractivity contribution in [1.29, 1.82) is 0 Å². The summed E-state index contributed by atoms with van der Waals surface area (Å²) in [5, 5.41) is 0. The van der Waals surface area contributed by atoms with Gasteiger partial charge in [-0.3, -0.25) is 0 Å². The Morgan fingerprint density at radius 1 is 1.05 bits per heavy atom. The maximum Gasteiger partial charge on any atom is 0.232 e. The first-order valence-electron chi connectivity index (χ1n) is 6.13. The standard InChI is InChI=1S/C12H19N3O4S/c1-16-2-3-17-4-5-18-6-7-19-11-9-14-10(8-15-11)12(13)20/h8-9H,2-7H2,1H3,(H2,13,20). The number of methoxy groups -OCH3 is 1. The normalized spacial score (nSPS) is 10.4. The Kier molecular flexibility index (Phi) is 8.72. The molecule has 0 saturated carbocycles. The molecule has 0 aliphatic rings. The molecule has 0 fully saturated rings. The molecule has 2 N–H and O–H groups in total. The van der Waals surface area contributed by atoms with E-state index in [1.165, 1.54) is 12.4 Å². The number of hydrogen-bond acceptors (Lipinski definition) is 7. The third-order valence-electron chi connectivity index (χ3n) is 2.16. The Morgan fingerprint density at radius 2 is 1.70 bits per heavy atom. The van der Waals surface area contributed by atoms with Gasteiger partial charge >= 0.3 is 0 Å². The highest BCUT2D eigenvalue weighted by Crippen LogP contribution is 2.03. The lowest BCUT2D eigenvalue weighted by atomic mass is 10.4. The van der Waals surface area contributed by atoms with E-state index in [0.717, 1.165) is 0 Å². The van der Waals surface area contributed by atoms with E-state index in [1.54, 1.807) is 7.11 Å². The Balaban J connectivity index is 2.02. The molecule has 1 rings (SSSR count). The monoisotopic (exact) mass is 301 g/mol. The molecule has 0 aliphatic carbocycles. The fourth-order valence-electron chi connectivity index (χ4n) is 1.19. The zero-order chi connectivity index (χ0) is 14.6. The third-order valence-corrected chi connectivity index (χ3v) is 2.37. The fraction of sp³-hybridized carbons (Fsp3) is 0.583. The molecule has 0 spiro atoms. The topological polar surface area (TPSA) is 88.7 Å². The predicted octanol–water partition coefficient (Wildman–Crippen LogP) is 0.169. The number of hydrogen-bond donors (Lipinski definition) is 1. The van der Waals surface area contributed by atoms with Crippen molar-refractivity contribution in [3.05, 3.63) is 18.1 Å². The first-order chi connectivity index (χ1) is 9.74. The zero-order valence-electron chi connectivity index (χ0n) is 11.4. The molecule has 0 bridgehead atoms. The van der Waals surface area contributed by atoms with E-state index in [-0.39, 0.29) is 4.99 Å². The van der Waals surface area contributed by atoms with Gasteiger partial charge < -0.3 is 24.7 Å². The Bertz CT molecular complexity index is 389. The Hall–Kier alpha value is -1.35. The number of nitrogens with two attached hydrogens (primary N) is 1. The van der Waals surface area contributed by atoms with Gasteiger partial charge in [0.2, 0.25) is 5.88 Å². The molecule has 0 radical (unpaired) electrons. The summed E-state index contributed by atoms with van der Waals surface area (Å²) in [6.07, 6.45) is 2.95. The van der Waals surface area contributed by atoms with Gasteiger partial charge in [-0.1, -0.05) is 12.2 Å². The molecule has 7 nitrogen and oxygen atoms in total. The summed E-state index contributed by atoms with van der Waals surface area (Å²) >= 11 is 4.77. The van der Waals surface area contributed by atoms with Crippen molar-refractivity contribution in [2.45, 2.75) is 0 Å². The number of rotatable bonds is 11. The van der Waals surface area contributed by atoms with Crippen molar-refractivity contribution in [2.24, 2.45) is 5.73 Å². The summed E-state index contributed by atoms with van der Waals surface area (Å²) < 4.78 is 20.7. The maximum atomic E-state index is 5.41. The molecule has 1 aromatic heterocycles. The first kappa shape index (κ1) is 16.7. The summed E-state index contributed by atoms with van der Waals surface area (Å²) in [6.45, 7) is 3.04. The smallest absolute Gasteiger partial charge is 0.232 e. The molecule has 112 valence electrons. The summed E-state index contributed by atoms with van der Waals surface area (Å²) in [4.78, 5) is 8.24. The quantitative estimate of drug-likeness (QED) is 0.457. The molecule has 0 aliphatic heterocycles. The lowest BCUT2D eigenvalue weighted by Crippen LogP contribution is -2.14. The fourth-order valence-corrected chi connectivity index (χ4v) is 1.29.